The summed E-state index contributed by atoms with van der Waals surface area (Å²) in [4.78, 5) is 3.78. The lowest BCUT2D eigenvalue weighted by Gasteiger charge is -2.09. The lowest BCUT2D eigenvalue weighted by molar-refractivity contribution is 0.445. The van der Waals surface area contributed by atoms with Crippen LogP contribution in [-0.2, 0) is 10.1 Å². The van der Waals surface area contributed by atoms with Crippen molar-refractivity contribution in [3.63, 3.8) is 0 Å². The Labute approximate surface area is 129 Å². The average Bonchev–Trinajstić information content (AvgIpc) is 3.10. The first-order valence-corrected chi connectivity index (χ1v) is 7.78. The number of hydrogen-bond donors (Lipinski definition) is 1. The van der Waals surface area contributed by atoms with Crippen LogP contribution in [0.5, 0.6) is 0 Å². The molecule has 0 aromatic carbocycles. The van der Waals surface area contributed by atoms with E-state index in [1.165, 1.54) is 24.6 Å². The van der Waals surface area contributed by atoms with Crippen LogP contribution in [0.1, 0.15) is 16.7 Å². The van der Waals surface area contributed by atoms with Gasteiger partial charge in [-0.3, -0.25) is 4.55 Å². The fourth-order valence-electron chi connectivity index (χ4n) is 1.82. The van der Waals surface area contributed by atoms with E-state index in [1.807, 2.05) is 0 Å². The quantitative estimate of drug-likeness (QED) is 0.567. The normalized spacial score (nSPS) is 13.2. The van der Waals surface area contributed by atoms with Crippen molar-refractivity contribution in [1.82, 2.24) is 15.2 Å². The van der Waals surface area contributed by atoms with Gasteiger partial charge in [0.2, 0.25) is 5.89 Å². The average molecular weight is 342 g/mol. The summed E-state index contributed by atoms with van der Waals surface area (Å²) in [5.41, 5.74) is 0.140. The molecule has 0 fully saturated rings. The maximum absolute atomic E-state index is 11.7. The molecule has 0 radical (unpaired) electrons. The Morgan fingerprint density at radius 3 is 2.64 bits per heavy atom. The third-order valence-corrected chi connectivity index (χ3v) is 4.04. The summed E-state index contributed by atoms with van der Waals surface area (Å²) in [7, 11) is -4.55. The number of halogens is 1. The van der Waals surface area contributed by atoms with Crippen molar-refractivity contribution in [3.8, 4) is 11.7 Å². The van der Waals surface area contributed by atoms with Crippen LogP contribution in [0, 0.1) is 0 Å². The minimum Gasteiger partial charge on any atom is -0.459 e. The van der Waals surface area contributed by atoms with E-state index in [9.17, 15) is 13.0 Å². The third kappa shape index (κ3) is 2.86. The van der Waals surface area contributed by atoms with Crippen LogP contribution in [0.2, 0.25) is 5.15 Å². The highest BCUT2D eigenvalue weighted by atomic mass is 35.5. The first-order valence-electron chi connectivity index (χ1n) is 5.90. The molecule has 0 aliphatic carbocycles. The maximum Gasteiger partial charge on any atom is 0.283 e. The molecule has 0 saturated carbocycles. The Hall–Kier alpha value is -2.23. The lowest BCUT2D eigenvalue weighted by atomic mass is 10.2. The summed E-state index contributed by atoms with van der Waals surface area (Å²) < 4.78 is 43.1. The van der Waals surface area contributed by atoms with Crippen molar-refractivity contribution in [2.24, 2.45) is 0 Å². The largest absolute Gasteiger partial charge is 0.459 e. The molecule has 3 aromatic rings. The van der Waals surface area contributed by atoms with Gasteiger partial charge in [0.05, 0.1) is 6.26 Å². The van der Waals surface area contributed by atoms with Crippen molar-refractivity contribution in [1.29, 1.82) is 0 Å². The fourth-order valence-corrected chi connectivity index (χ4v) is 2.77. The van der Waals surface area contributed by atoms with E-state index in [0.29, 0.717) is 0 Å². The third-order valence-electron chi connectivity index (χ3n) is 2.75. The van der Waals surface area contributed by atoms with Gasteiger partial charge in [0.25, 0.3) is 16.0 Å². The number of hydrogen-bond acceptors (Lipinski definition) is 7. The molecule has 114 valence electrons. The molecule has 8 nitrogen and oxygen atoms in total. The molecule has 0 amide bonds. The molecule has 3 aromatic heterocycles. The summed E-state index contributed by atoms with van der Waals surface area (Å²) in [5, 5.41) is 5.98. The van der Waals surface area contributed by atoms with Gasteiger partial charge in [-0.1, -0.05) is 17.7 Å². The van der Waals surface area contributed by atoms with Crippen LogP contribution in [0.25, 0.3) is 11.7 Å². The zero-order valence-corrected chi connectivity index (χ0v) is 12.3. The topological polar surface area (TPSA) is 119 Å². The Kier molecular flexibility index (Phi) is 3.69. The fraction of sp³-hybridized carbons (Fsp3) is 0.0833. The second-order valence-electron chi connectivity index (χ2n) is 4.23. The predicted octanol–water partition coefficient (Wildman–Crippen LogP) is 2.36. The maximum atomic E-state index is 11.7. The molecule has 1 atom stereocenters. The highest BCUT2D eigenvalue weighted by Crippen LogP contribution is 2.30. The van der Waals surface area contributed by atoms with Crippen molar-refractivity contribution < 1.29 is 21.8 Å². The lowest BCUT2D eigenvalue weighted by Crippen LogP contribution is -2.14. The Morgan fingerprint density at radius 1 is 1.23 bits per heavy atom. The Morgan fingerprint density at radius 2 is 2.05 bits per heavy atom. The van der Waals surface area contributed by atoms with Crippen molar-refractivity contribution in [2.75, 3.05) is 0 Å². The van der Waals surface area contributed by atoms with Gasteiger partial charge in [-0.25, -0.2) is 4.98 Å². The van der Waals surface area contributed by atoms with Gasteiger partial charge in [-0.15, -0.1) is 10.2 Å². The van der Waals surface area contributed by atoms with Gasteiger partial charge in [-0.05, 0) is 18.2 Å². The second-order valence-corrected chi connectivity index (χ2v) is 6.12. The van der Waals surface area contributed by atoms with Crippen molar-refractivity contribution >= 4 is 21.7 Å². The van der Waals surface area contributed by atoms with E-state index >= 15 is 0 Å². The summed E-state index contributed by atoms with van der Waals surface area (Å²) in [6, 6.07) is 5.97. The number of pyridine rings is 1. The molecule has 1 unspecified atom stereocenters. The van der Waals surface area contributed by atoms with Gasteiger partial charge in [0.15, 0.2) is 11.0 Å². The molecular weight excluding hydrogens is 334 g/mol. The molecule has 22 heavy (non-hydrogen) atoms. The van der Waals surface area contributed by atoms with E-state index in [4.69, 9.17) is 20.4 Å². The minimum atomic E-state index is -4.55. The van der Waals surface area contributed by atoms with Crippen LogP contribution in [0.4, 0.5) is 0 Å². The van der Waals surface area contributed by atoms with Crippen molar-refractivity contribution in [2.45, 2.75) is 5.25 Å². The molecule has 0 saturated heterocycles. The Balaban J connectivity index is 2.06. The SMILES string of the molecule is O=S(=O)(O)C(c1ccc(Cl)nc1)c1nnc(-c2ccco2)o1. The van der Waals surface area contributed by atoms with E-state index < -0.39 is 15.4 Å². The molecule has 0 bridgehead atoms. The molecular formula is C12H8ClN3O5S. The van der Waals surface area contributed by atoms with E-state index in [2.05, 4.69) is 15.2 Å². The standard InChI is InChI=1S/C12H8ClN3O5S/c13-9-4-3-7(6-14-9)10(22(17,18)19)12-16-15-11(21-12)8-2-1-5-20-8/h1-6,10H,(H,17,18,19). The number of nitrogens with zero attached hydrogens (tertiary/aromatic N) is 3. The smallest absolute Gasteiger partial charge is 0.283 e. The highest BCUT2D eigenvalue weighted by Gasteiger charge is 2.33. The molecule has 10 heteroatoms. The number of furan rings is 1. The second kappa shape index (κ2) is 5.52. The molecule has 0 aliphatic heterocycles. The summed E-state index contributed by atoms with van der Waals surface area (Å²) >= 11 is 5.66. The first-order chi connectivity index (χ1) is 10.4. The Bertz CT molecular complexity index is 874. The molecule has 3 heterocycles. The van der Waals surface area contributed by atoms with Crippen LogP contribution in [0.15, 0.2) is 45.6 Å². The summed E-state index contributed by atoms with van der Waals surface area (Å²) in [5.74, 6) is -0.0318. The summed E-state index contributed by atoms with van der Waals surface area (Å²) in [6.45, 7) is 0. The van der Waals surface area contributed by atoms with Gasteiger partial charge in [0, 0.05) is 11.8 Å². The molecule has 1 N–H and O–H groups in total. The van der Waals surface area contributed by atoms with Gasteiger partial charge in [-0.2, -0.15) is 8.42 Å². The van der Waals surface area contributed by atoms with E-state index in [1.54, 1.807) is 12.1 Å². The molecule has 0 spiro atoms. The highest BCUT2D eigenvalue weighted by molar-refractivity contribution is 7.86. The van der Waals surface area contributed by atoms with Crippen LogP contribution < -0.4 is 0 Å². The van der Waals surface area contributed by atoms with E-state index in [0.717, 1.165) is 0 Å². The van der Waals surface area contributed by atoms with Crippen LogP contribution in [0.3, 0.4) is 0 Å². The van der Waals surface area contributed by atoms with Gasteiger partial charge >= 0.3 is 0 Å². The van der Waals surface area contributed by atoms with Gasteiger partial charge in [0.1, 0.15) is 5.15 Å². The van der Waals surface area contributed by atoms with Crippen LogP contribution >= 0.6 is 11.6 Å². The summed E-state index contributed by atoms with van der Waals surface area (Å²) in [6.07, 6.45) is 2.61. The monoisotopic (exact) mass is 341 g/mol. The zero-order chi connectivity index (χ0) is 15.7. The predicted molar refractivity (Wildman–Crippen MR) is 74.6 cm³/mol. The zero-order valence-electron chi connectivity index (χ0n) is 10.7. The van der Waals surface area contributed by atoms with Crippen molar-refractivity contribution in [3.05, 3.63) is 53.3 Å². The van der Waals surface area contributed by atoms with Gasteiger partial charge < -0.3 is 8.83 Å². The minimum absolute atomic E-state index is 0.00410. The number of rotatable bonds is 4. The number of aromatic nitrogens is 3. The molecule has 3 rings (SSSR count). The molecule has 0 aliphatic rings. The first kappa shape index (κ1) is 14.7. The van der Waals surface area contributed by atoms with E-state index in [-0.39, 0.29) is 28.3 Å². The van der Waals surface area contributed by atoms with Crippen LogP contribution in [-0.4, -0.2) is 28.2 Å².